The number of carbonyl (C=O) groups excluding carboxylic acids is 1. The van der Waals surface area contributed by atoms with Gasteiger partial charge in [0.25, 0.3) is 5.91 Å². The van der Waals surface area contributed by atoms with Gasteiger partial charge in [0, 0.05) is 25.5 Å². The van der Waals surface area contributed by atoms with Crippen LogP contribution in [0.5, 0.6) is 0 Å². The number of nitrogens with zero attached hydrogens (tertiary/aromatic N) is 1. The third-order valence-corrected chi connectivity index (χ3v) is 3.40. The van der Waals surface area contributed by atoms with Crippen molar-refractivity contribution in [3.63, 3.8) is 0 Å². The van der Waals surface area contributed by atoms with E-state index in [1.54, 1.807) is 18.3 Å². The Balaban J connectivity index is 2.54. The lowest BCUT2D eigenvalue weighted by Gasteiger charge is -2.09. The number of hydrogen-bond acceptors (Lipinski definition) is 5. The summed E-state index contributed by atoms with van der Waals surface area (Å²) in [5, 5.41) is 5.69. The van der Waals surface area contributed by atoms with Crippen molar-refractivity contribution in [2.24, 2.45) is 0 Å². The minimum Gasteiger partial charge on any atom is -0.370 e. The molecule has 1 heterocycles. The third-order valence-electron chi connectivity index (χ3n) is 2.37. The van der Waals surface area contributed by atoms with Gasteiger partial charge in [-0.15, -0.1) is 0 Å². The largest absolute Gasteiger partial charge is 0.370 e. The van der Waals surface area contributed by atoms with Crippen LogP contribution in [0.4, 0.5) is 5.82 Å². The first kappa shape index (κ1) is 15.4. The predicted molar refractivity (Wildman–Crippen MR) is 75.1 cm³/mol. The van der Waals surface area contributed by atoms with E-state index in [-0.39, 0.29) is 11.7 Å². The Morgan fingerprint density at radius 1 is 1.42 bits per heavy atom. The zero-order valence-corrected chi connectivity index (χ0v) is 12.0. The molecular formula is C12H19N3O3S. The van der Waals surface area contributed by atoms with Gasteiger partial charge in [0.2, 0.25) is 0 Å². The Kier molecular flexibility index (Phi) is 5.75. The number of pyridine rings is 1. The van der Waals surface area contributed by atoms with Crippen LogP contribution in [0, 0.1) is 0 Å². The van der Waals surface area contributed by atoms with E-state index in [0.717, 1.165) is 0 Å². The maximum atomic E-state index is 11.9. The van der Waals surface area contributed by atoms with Gasteiger partial charge < -0.3 is 10.6 Å². The molecule has 0 aliphatic heterocycles. The van der Waals surface area contributed by atoms with Crippen molar-refractivity contribution in [3.8, 4) is 0 Å². The van der Waals surface area contributed by atoms with Crippen LogP contribution in [0.1, 0.15) is 23.7 Å². The van der Waals surface area contributed by atoms with E-state index in [0.29, 0.717) is 30.9 Å². The van der Waals surface area contributed by atoms with Gasteiger partial charge in [-0.25, -0.2) is 13.4 Å². The molecule has 0 unspecified atom stereocenters. The molecule has 0 saturated carbocycles. The molecule has 0 aliphatic carbocycles. The highest BCUT2D eigenvalue weighted by molar-refractivity contribution is 7.90. The Morgan fingerprint density at radius 2 is 2.16 bits per heavy atom. The standard InChI is InChI=1S/C12H19N3O3S/c1-3-13-11-10(6-4-7-14-11)12(16)15-8-5-9-19(2,17)18/h4,6-7H,3,5,8-9H2,1-2H3,(H,13,14)(H,15,16). The Hall–Kier alpha value is -1.63. The van der Waals surface area contributed by atoms with Crippen LogP contribution in [0.3, 0.4) is 0 Å². The SMILES string of the molecule is CCNc1ncccc1C(=O)NCCCS(C)(=O)=O. The first-order chi connectivity index (χ1) is 8.94. The molecule has 1 aromatic heterocycles. The van der Waals surface area contributed by atoms with Crippen LogP contribution in [0.2, 0.25) is 0 Å². The molecule has 0 bridgehead atoms. The zero-order valence-electron chi connectivity index (χ0n) is 11.1. The van der Waals surface area contributed by atoms with Gasteiger partial charge in [0.05, 0.1) is 11.3 Å². The number of nitrogens with one attached hydrogen (secondary N) is 2. The van der Waals surface area contributed by atoms with Crippen LogP contribution in [-0.4, -0.2) is 44.4 Å². The Bertz CT molecular complexity index is 529. The third kappa shape index (κ3) is 5.69. The van der Waals surface area contributed by atoms with Crippen molar-refractivity contribution in [1.29, 1.82) is 0 Å². The van der Waals surface area contributed by atoms with Gasteiger partial charge in [-0.3, -0.25) is 4.79 Å². The molecular weight excluding hydrogens is 266 g/mol. The fourth-order valence-electron chi connectivity index (χ4n) is 1.53. The van der Waals surface area contributed by atoms with Crippen LogP contribution in [0.15, 0.2) is 18.3 Å². The summed E-state index contributed by atoms with van der Waals surface area (Å²) in [5.74, 6) is 0.351. The fraction of sp³-hybridized carbons (Fsp3) is 0.500. The normalized spacial score (nSPS) is 11.1. The van der Waals surface area contributed by atoms with Crippen LogP contribution in [0.25, 0.3) is 0 Å². The maximum absolute atomic E-state index is 11.9. The molecule has 1 amide bonds. The van der Waals surface area contributed by atoms with Crippen molar-refractivity contribution in [2.45, 2.75) is 13.3 Å². The molecule has 0 fully saturated rings. The quantitative estimate of drug-likeness (QED) is 0.719. The summed E-state index contributed by atoms with van der Waals surface area (Å²) in [6.45, 7) is 2.92. The summed E-state index contributed by atoms with van der Waals surface area (Å²) < 4.78 is 21.9. The van der Waals surface area contributed by atoms with Crippen molar-refractivity contribution >= 4 is 21.6 Å². The number of rotatable bonds is 7. The minimum atomic E-state index is -2.98. The monoisotopic (exact) mass is 285 g/mol. The zero-order chi connectivity index (χ0) is 14.3. The topological polar surface area (TPSA) is 88.2 Å². The molecule has 1 rings (SSSR count). The number of anilines is 1. The molecule has 0 aromatic carbocycles. The number of hydrogen-bond donors (Lipinski definition) is 2. The van der Waals surface area contributed by atoms with Crippen molar-refractivity contribution in [1.82, 2.24) is 10.3 Å². The summed E-state index contributed by atoms with van der Waals surface area (Å²) in [6.07, 6.45) is 3.19. The van der Waals surface area contributed by atoms with E-state index < -0.39 is 9.84 Å². The van der Waals surface area contributed by atoms with Gasteiger partial charge in [-0.05, 0) is 25.5 Å². The lowest BCUT2D eigenvalue weighted by Crippen LogP contribution is -2.27. The first-order valence-electron chi connectivity index (χ1n) is 6.09. The van der Waals surface area contributed by atoms with Gasteiger partial charge in [-0.2, -0.15) is 0 Å². The number of carbonyl (C=O) groups is 1. The van der Waals surface area contributed by atoms with Crippen LogP contribution in [-0.2, 0) is 9.84 Å². The number of sulfone groups is 1. The molecule has 7 heteroatoms. The van der Waals surface area contributed by atoms with Crippen LogP contribution < -0.4 is 10.6 Å². The molecule has 106 valence electrons. The van der Waals surface area contributed by atoms with E-state index in [4.69, 9.17) is 0 Å². The molecule has 0 atom stereocenters. The second-order valence-electron chi connectivity index (χ2n) is 4.17. The van der Waals surface area contributed by atoms with Crippen molar-refractivity contribution in [3.05, 3.63) is 23.9 Å². The van der Waals surface area contributed by atoms with E-state index >= 15 is 0 Å². The average Bonchev–Trinajstić information content (AvgIpc) is 2.34. The van der Waals surface area contributed by atoms with Crippen molar-refractivity contribution < 1.29 is 13.2 Å². The molecule has 19 heavy (non-hydrogen) atoms. The Morgan fingerprint density at radius 3 is 2.79 bits per heavy atom. The molecule has 0 spiro atoms. The molecule has 6 nitrogen and oxygen atoms in total. The number of amides is 1. The van der Waals surface area contributed by atoms with Crippen molar-refractivity contribution in [2.75, 3.05) is 30.4 Å². The van der Waals surface area contributed by atoms with E-state index in [9.17, 15) is 13.2 Å². The summed E-state index contributed by atoms with van der Waals surface area (Å²) >= 11 is 0. The Labute approximate surface area is 113 Å². The molecule has 0 aliphatic rings. The molecule has 1 aromatic rings. The maximum Gasteiger partial charge on any atom is 0.255 e. The van der Waals surface area contributed by atoms with E-state index in [1.807, 2.05) is 6.92 Å². The van der Waals surface area contributed by atoms with E-state index in [2.05, 4.69) is 15.6 Å². The highest BCUT2D eigenvalue weighted by Gasteiger charge is 2.11. The average molecular weight is 285 g/mol. The molecule has 0 radical (unpaired) electrons. The van der Waals surface area contributed by atoms with Gasteiger partial charge in [-0.1, -0.05) is 0 Å². The lowest BCUT2D eigenvalue weighted by atomic mass is 10.2. The predicted octanol–water partition coefficient (Wildman–Crippen LogP) is 0.678. The highest BCUT2D eigenvalue weighted by Crippen LogP contribution is 2.10. The fourth-order valence-corrected chi connectivity index (χ4v) is 2.20. The van der Waals surface area contributed by atoms with Crippen LogP contribution >= 0.6 is 0 Å². The second kappa shape index (κ2) is 7.08. The molecule has 0 saturated heterocycles. The van der Waals surface area contributed by atoms with Gasteiger partial charge in [0.1, 0.15) is 15.7 Å². The second-order valence-corrected chi connectivity index (χ2v) is 6.43. The smallest absolute Gasteiger partial charge is 0.255 e. The summed E-state index contributed by atoms with van der Waals surface area (Å²) in [7, 11) is -2.98. The summed E-state index contributed by atoms with van der Waals surface area (Å²) in [4.78, 5) is 16.0. The number of aromatic nitrogens is 1. The lowest BCUT2D eigenvalue weighted by molar-refractivity contribution is 0.0954. The minimum absolute atomic E-state index is 0.0698. The summed E-state index contributed by atoms with van der Waals surface area (Å²) in [5.41, 5.74) is 0.462. The van der Waals surface area contributed by atoms with E-state index in [1.165, 1.54) is 6.26 Å². The van der Waals surface area contributed by atoms with Gasteiger partial charge >= 0.3 is 0 Å². The molecule has 2 N–H and O–H groups in total. The first-order valence-corrected chi connectivity index (χ1v) is 8.15. The highest BCUT2D eigenvalue weighted by atomic mass is 32.2. The van der Waals surface area contributed by atoms with Gasteiger partial charge in [0.15, 0.2) is 0 Å². The summed E-state index contributed by atoms with van der Waals surface area (Å²) in [6, 6.07) is 3.36.